The Labute approximate surface area is 115 Å². The topological polar surface area (TPSA) is 35.5 Å². The van der Waals surface area contributed by atoms with Gasteiger partial charge in [-0.05, 0) is 37.2 Å². The molecular weight excluding hydrogens is 329 g/mol. The van der Waals surface area contributed by atoms with Gasteiger partial charge in [0, 0.05) is 0 Å². The first-order valence-electron chi connectivity index (χ1n) is 5.57. The molecule has 0 aromatic carbocycles. The van der Waals surface area contributed by atoms with Crippen molar-refractivity contribution in [3.05, 3.63) is 23.2 Å². The summed E-state index contributed by atoms with van der Waals surface area (Å²) < 4.78 is 49.3. The average Bonchev–Trinajstić information content (AvgIpc) is 2.24. The van der Waals surface area contributed by atoms with Crippen LogP contribution in [-0.4, -0.2) is 18.9 Å². The first-order valence-corrected chi connectivity index (χ1v) is 7.90. The normalized spacial score (nSPS) is 13.2. The van der Waals surface area contributed by atoms with E-state index >= 15 is 0 Å². The van der Waals surface area contributed by atoms with Crippen LogP contribution in [0.15, 0.2) is 23.2 Å². The molecule has 0 aliphatic heterocycles. The minimum Gasteiger partial charge on any atom is -0.304 e. The van der Waals surface area contributed by atoms with Crippen molar-refractivity contribution in [2.75, 3.05) is 13.2 Å². The molecule has 0 bridgehead atoms. The first-order chi connectivity index (χ1) is 8.29. The molecule has 3 nitrogen and oxygen atoms in total. The number of alkyl halides is 2. The number of halogens is 3. The molecule has 0 aliphatic carbocycles. The third-order valence-corrected chi connectivity index (χ3v) is 4.34. The highest BCUT2D eigenvalue weighted by Gasteiger charge is 2.51. The van der Waals surface area contributed by atoms with E-state index in [1.54, 1.807) is 0 Å². The molecule has 7 heteroatoms. The zero-order chi connectivity index (χ0) is 14.2. The molecule has 0 rings (SSSR count). The van der Waals surface area contributed by atoms with E-state index in [2.05, 4.69) is 31.6 Å². The highest BCUT2D eigenvalue weighted by Crippen LogP contribution is 2.62. The number of hydrogen-bond acceptors (Lipinski definition) is 3. The van der Waals surface area contributed by atoms with Crippen LogP contribution in [0.1, 0.15) is 26.7 Å². The SMILES string of the molecule is C=C(Br)CC/C=C/C(F)(F)P(=O)(OCC)OCC. The molecule has 0 amide bonds. The third kappa shape index (κ3) is 5.74. The monoisotopic (exact) mass is 346 g/mol. The molecule has 0 fully saturated rings. The van der Waals surface area contributed by atoms with E-state index in [1.165, 1.54) is 19.9 Å². The molecule has 0 aliphatic rings. The minimum absolute atomic E-state index is 0.0983. The maximum Gasteiger partial charge on any atom is 0.403 e. The number of allylic oxidation sites excluding steroid dienone is 3. The van der Waals surface area contributed by atoms with E-state index in [0.717, 1.165) is 0 Å². The molecule has 0 saturated heterocycles. The highest BCUT2D eigenvalue weighted by molar-refractivity contribution is 9.11. The van der Waals surface area contributed by atoms with Gasteiger partial charge in [-0.3, -0.25) is 4.57 Å². The van der Waals surface area contributed by atoms with Crippen molar-refractivity contribution in [3.63, 3.8) is 0 Å². The number of hydrogen-bond donors (Lipinski definition) is 0. The lowest BCUT2D eigenvalue weighted by Gasteiger charge is -2.23. The Morgan fingerprint density at radius 2 is 1.89 bits per heavy atom. The summed E-state index contributed by atoms with van der Waals surface area (Å²) in [5.41, 5.74) is -3.62. The molecule has 0 radical (unpaired) electrons. The Morgan fingerprint density at radius 3 is 2.28 bits per heavy atom. The zero-order valence-electron chi connectivity index (χ0n) is 10.5. The molecule has 0 spiro atoms. The second-order valence-electron chi connectivity index (χ2n) is 3.38. The average molecular weight is 347 g/mol. The second kappa shape index (κ2) is 8.20. The first kappa shape index (κ1) is 18.0. The van der Waals surface area contributed by atoms with Crippen LogP contribution in [0.25, 0.3) is 0 Å². The lowest BCUT2D eigenvalue weighted by atomic mass is 10.3. The lowest BCUT2D eigenvalue weighted by Crippen LogP contribution is -2.17. The summed E-state index contributed by atoms with van der Waals surface area (Å²) in [5.74, 6) is 0. The van der Waals surface area contributed by atoms with Crippen molar-refractivity contribution in [2.45, 2.75) is 32.4 Å². The maximum atomic E-state index is 13.7. The van der Waals surface area contributed by atoms with Crippen LogP contribution in [0.2, 0.25) is 0 Å². The van der Waals surface area contributed by atoms with Crippen LogP contribution in [0.5, 0.6) is 0 Å². The van der Waals surface area contributed by atoms with E-state index in [1.807, 2.05) is 0 Å². The summed E-state index contributed by atoms with van der Waals surface area (Å²) >= 11 is 3.12. The Hall–Kier alpha value is -0.0300. The summed E-state index contributed by atoms with van der Waals surface area (Å²) in [4.78, 5) is 0. The largest absolute Gasteiger partial charge is 0.403 e. The smallest absolute Gasteiger partial charge is 0.304 e. The molecule has 0 aromatic heterocycles. The quantitative estimate of drug-likeness (QED) is 0.430. The van der Waals surface area contributed by atoms with Gasteiger partial charge < -0.3 is 9.05 Å². The van der Waals surface area contributed by atoms with Crippen molar-refractivity contribution in [1.82, 2.24) is 0 Å². The van der Waals surface area contributed by atoms with Gasteiger partial charge in [0.05, 0.1) is 13.2 Å². The molecule has 0 aromatic rings. The van der Waals surface area contributed by atoms with Crippen molar-refractivity contribution in [1.29, 1.82) is 0 Å². The Bertz CT molecular complexity index is 335. The van der Waals surface area contributed by atoms with E-state index in [9.17, 15) is 13.3 Å². The van der Waals surface area contributed by atoms with E-state index in [0.29, 0.717) is 23.4 Å². The standard InChI is InChI=1S/C11H18BrF2O3P/c1-4-16-18(15,17-5-2)11(13,14)9-7-6-8-10(3)12/h7,9H,3-6,8H2,1-2H3/b9-7+. The Balaban J connectivity index is 4.73. The van der Waals surface area contributed by atoms with Gasteiger partial charge in [-0.1, -0.05) is 28.6 Å². The van der Waals surface area contributed by atoms with Crippen molar-refractivity contribution in [3.8, 4) is 0 Å². The van der Waals surface area contributed by atoms with E-state index < -0.39 is 13.3 Å². The third-order valence-electron chi connectivity index (χ3n) is 1.86. The maximum absolute atomic E-state index is 13.7. The summed E-state index contributed by atoms with van der Waals surface area (Å²) in [6.07, 6.45) is 2.73. The fourth-order valence-corrected chi connectivity index (χ4v) is 2.72. The van der Waals surface area contributed by atoms with Crippen LogP contribution >= 0.6 is 23.5 Å². The van der Waals surface area contributed by atoms with Gasteiger partial charge >= 0.3 is 13.3 Å². The fourth-order valence-electron chi connectivity index (χ4n) is 1.11. The van der Waals surface area contributed by atoms with Crippen LogP contribution in [0, 0.1) is 0 Å². The summed E-state index contributed by atoms with van der Waals surface area (Å²) in [5, 5.41) is 0. The molecular formula is C11H18BrF2O3P. The van der Waals surface area contributed by atoms with Crippen molar-refractivity contribution < 1.29 is 22.4 Å². The molecule has 0 unspecified atom stereocenters. The van der Waals surface area contributed by atoms with Gasteiger partial charge in [0.25, 0.3) is 0 Å². The predicted molar refractivity (Wildman–Crippen MR) is 72.2 cm³/mol. The van der Waals surface area contributed by atoms with Gasteiger partial charge in [0.2, 0.25) is 0 Å². The van der Waals surface area contributed by atoms with E-state index in [4.69, 9.17) is 0 Å². The van der Waals surface area contributed by atoms with Crippen LogP contribution in [-0.2, 0) is 13.6 Å². The second-order valence-corrected chi connectivity index (χ2v) is 6.61. The highest BCUT2D eigenvalue weighted by atomic mass is 79.9. The van der Waals surface area contributed by atoms with Gasteiger partial charge in [-0.15, -0.1) is 0 Å². The van der Waals surface area contributed by atoms with Crippen molar-refractivity contribution in [2.24, 2.45) is 0 Å². The molecule has 0 saturated carbocycles. The molecule has 0 atom stereocenters. The molecule has 0 N–H and O–H groups in total. The van der Waals surface area contributed by atoms with Crippen LogP contribution in [0.3, 0.4) is 0 Å². The van der Waals surface area contributed by atoms with Crippen LogP contribution in [0.4, 0.5) is 8.78 Å². The van der Waals surface area contributed by atoms with Gasteiger partial charge in [0.15, 0.2) is 0 Å². The summed E-state index contributed by atoms with van der Waals surface area (Å²) in [7, 11) is -4.44. The molecule has 18 heavy (non-hydrogen) atoms. The van der Waals surface area contributed by atoms with Crippen molar-refractivity contribution >= 4 is 23.5 Å². The molecule has 106 valence electrons. The van der Waals surface area contributed by atoms with Crippen LogP contribution < -0.4 is 0 Å². The Morgan fingerprint density at radius 1 is 1.39 bits per heavy atom. The van der Waals surface area contributed by atoms with Gasteiger partial charge in [-0.25, -0.2) is 0 Å². The summed E-state index contributed by atoms with van der Waals surface area (Å²) in [6, 6.07) is 0. The number of rotatable bonds is 9. The van der Waals surface area contributed by atoms with Gasteiger partial charge in [-0.2, -0.15) is 8.78 Å². The minimum atomic E-state index is -4.44. The zero-order valence-corrected chi connectivity index (χ0v) is 13.0. The fraction of sp³-hybridized carbons (Fsp3) is 0.636. The Kier molecular flexibility index (Phi) is 8.19. The van der Waals surface area contributed by atoms with Gasteiger partial charge in [0.1, 0.15) is 0 Å². The predicted octanol–water partition coefficient (Wildman–Crippen LogP) is 5.09. The van der Waals surface area contributed by atoms with E-state index in [-0.39, 0.29) is 13.2 Å². The summed E-state index contributed by atoms with van der Waals surface area (Å²) in [6.45, 7) is 6.36. The molecule has 0 heterocycles. The lowest BCUT2D eigenvalue weighted by molar-refractivity contribution is 0.0791.